The molecule has 0 spiro atoms. The molecule has 0 radical (unpaired) electrons. The van der Waals surface area contributed by atoms with Gasteiger partial charge in [-0.15, -0.1) is 0 Å². The van der Waals surface area contributed by atoms with Crippen molar-refractivity contribution in [3.63, 3.8) is 0 Å². The molecule has 0 aliphatic heterocycles. The third kappa shape index (κ3) is 2.82. The van der Waals surface area contributed by atoms with Crippen LogP contribution in [0.4, 0.5) is 0 Å². The van der Waals surface area contributed by atoms with Crippen molar-refractivity contribution >= 4 is 28.7 Å². The van der Waals surface area contributed by atoms with E-state index in [1.54, 1.807) is 11.3 Å². The minimum atomic E-state index is 0.171. The van der Waals surface area contributed by atoms with Crippen molar-refractivity contribution in [3.8, 4) is 0 Å². The number of ketones is 1. The highest BCUT2D eigenvalue weighted by atomic mass is 35.5. The Hall–Kier alpha value is -1.13. The molecule has 3 nitrogen and oxygen atoms in total. The third-order valence-electron chi connectivity index (χ3n) is 2.80. The van der Waals surface area contributed by atoms with Crippen molar-refractivity contribution in [1.29, 1.82) is 0 Å². The van der Waals surface area contributed by atoms with Gasteiger partial charge in [0.25, 0.3) is 0 Å². The molecule has 0 atom stereocenters. The summed E-state index contributed by atoms with van der Waals surface area (Å²) in [6.07, 6.45) is 0.817. The molecule has 0 aliphatic carbocycles. The summed E-state index contributed by atoms with van der Waals surface area (Å²) >= 11 is 7.79. The minimum absolute atomic E-state index is 0.171. The molecular weight excluding hydrogens is 268 g/mol. The molecule has 0 N–H and O–H groups in total. The van der Waals surface area contributed by atoms with Crippen LogP contribution in [0.3, 0.4) is 0 Å². The van der Waals surface area contributed by atoms with E-state index in [0.29, 0.717) is 17.9 Å². The van der Waals surface area contributed by atoms with E-state index < -0.39 is 0 Å². The first-order valence-corrected chi connectivity index (χ1v) is 7.18. The summed E-state index contributed by atoms with van der Waals surface area (Å²) in [7, 11) is 0. The number of thiophene rings is 1. The van der Waals surface area contributed by atoms with Crippen LogP contribution in [-0.2, 0) is 24.2 Å². The average molecular weight is 283 g/mol. The Morgan fingerprint density at radius 3 is 2.89 bits per heavy atom. The number of hydrogen-bond acceptors (Lipinski definition) is 3. The lowest BCUT2D eigenvalue weighted by Crippen LogP contribution is -2.11. The molecule has 18 heavy (non-hydrogen) atoms. The highest BCUT2D eigenvalue weighted by Crippen LogP contribution is 2.21. The highest BCUT2D eigenvalue weighted by Gasteiger charge is 2.16. The van der Waals surface area contributed by atoms with Gasteiger partial charge < -0.3 is 0 Å². The number of carbonyl (C=O) groups excluding carboxylic acids is 1. The first kappa shape index (κ1) is 13.3. The fraction of sp³-hybridized carbons (Fsp3) is 0.385. The molecule has 5 heteroatoms. The zero-order valence-electron chi connectivity index (χ0n) is 10.4. The number of aryl methyl sites for hydroxylation is 2. The summed E-state index contributed by atoms with van der Waals surface area (Å²) in [6.45, 7) is 4.59. The van der Waals surface area contributed by atoms with Crippen molar-refractivity contribution in [3.05, 3.63) is 38.8 Å². The molecule has 0 fully saturated rings. The molecule has 0 amide bonds. The topological polar surface area (TPSA) is 34.9 Å². The van der Waals surface area contributed by atoms with Gasteiger partial charge in [-0.2, -0.15) is 16.4 Å². The van der Waals surface area contributed by atoms with Gasteiger partial charge in [-0.05, 0) is 36.2 Å². The number of halogens is 1. The van der Waals surface area contributed by atoms with Gasteiger partial charge in [0.2, 0.25) is 0 Å². The second kappa shape index (κ2) is 5.67. The predicted molar refractivity (Wildman–Crippen MR) is 74.4 cm³/mol. The number of hydrogen-bond donors (Lipinski definition) is 0. The number of Topliss-reactive ketones (excluding diaryl/α,β-unsaturated/α-hetero) is 1. The van der Waals surface area contributed by atoms with Gasteiger partial charge in [0, 0.05) is 13.0 Å². The second-order valence-electron chi connectivity index (χ2n) is 4.19. The van der Waals surface area contributed by atoms with Crippen molar-refractivity contribution in [2.24, 2.45) is 0 Å². The van der Waals surface area contributed by atoms with Gasteiger partial charge >= 0.3 is 0 Å². The van der Waals surface area contributed by atoms with E-state index >= 15 is 0 Å². The Labute approximate surface area is 115 Å². The zero-order valence-corrected chi connectivity index (χ0v) is 12.0. The molecule has 2 heterocycles. The van der Waals surface area contributed by atoms with E-state index in [0.717, 1.165) is 23.5 Å². The second-order valence-corrected chi connectivity index (χ2v) is 5.34. The summed E-state index contributed by atoms with van der Waals surface area (Å²) < 4.78 is 1.81. The maximum atomic E-state index is 12.0. The van der Waals surface area contributed by atoms with Crippen LogP contribution in [0.2, 0.25) is 5.02 Å². The Morgan fingerprint density at radius 1 is 1.50 bits per heavy atom. The van der Waals surface area contributed by atoms with E-state index in [2.05, 4.69) is 5.10 Å². The molecule has 2 rings (SSSR count). The Morgan fingerprint density at radius 2 is 2.28 bits per heavy atom. The van der Waals surface area contributed by atoms with Crippen molar-refractivity contribution < 1.29 is 4.79 Å². The molecule has 0 saturated heterocycles. The molecule has 0 aliphatic rings. The summed E-state index contributed by atoms with van der Waals surface area (Å²) in [5, 5.41) is 8.92. The maximum Gasteiger partial charge on any atom is 0.143 e. The Balaban J connectivity index is 2.11. The maximum absolute atomic E-state index is 12.0. The van der Waals surface area contributed by atoms with E-state index in [4.69, 9.17) is 11.6 Å². The number of nitrogens with zero attached hydrogens (tertiary/aromatic N) is 2. The van der Waals surface area contributed by atoms with Gasteiger partial charge in [-0.3, -0.25) is 9.48 Å². The zero-order chi connectivity index (χ0) is 13.1. The average Bonchev–Trinajstić information content (AvgIpc) is 2.92. The van der Waals surface area contributed by atoms with E-state index in [1.807, 2.05) is 35.4 Å². The molecule has 96 valence electrons. The normalized spacial score (nSPS) is 10.8. The van der Waals surface area contributed by atoms with Crippen molar-refractivity contribution in [2.75, 3.05) is 0 Å². The van der Waals surface area contributed by atoms with Gasteiger partial charge in [0.1, 0.15) is 5.78 Å². The molecule has 0 aromatic carbocycles. The van der Waals surface area contributed by atoms with Gasteiger partial charge in [0.15, 0.2) is 0 Å². The van der Waals surface area contributed by atoms with Crippen molar-refractivity contribution in [1.82, 2.24) is 9.78 Å². The summed E-state index contributed by atoms with van der Waals surface area (Å²) in [4.78, 5) is 12.0. The molecule has 2 aromatic rings. The standard InChI is InChI=1S/C13H15ClN2OS/c1-3-16-12(13(14)9(2)15-16)7-11(17)6-10-4-5-18-8-10/h4-5,8H,3,6-7H2,1-2H3. The van der Waals surface area contributed by atoms with Gasteiger partial charge in [0.05, 0.1) is 22.8 Å². The highest BCUT2D eigenvalue weighted by molar-refractivity contribution is 7.08. The van der Waals surface area contributed by atoms with Gasteiger partial charge in [-0.1, -0.05) is 11.6 Å². The first-order chi connectivity index (χ1) is 8.61. The van der Waals surface area contributed by atoms with Crippen LogP contribution in [0, 0.1) is 6.92 Å². The van der Waals surface area contributed by atoms with Crippen LogP contribution in [-0.4, -0.2) is 15.6 Å². The van der Waals surface area contributed by atoms with Crippen LogP contribution in [0.15, 0.2) is 16.8 Å². The fourth-order valence-corrected chi connectivity index (χ4v) is 2.78. The quantitative estimate of drug-likeness (QED) is 0.843. The SMILES string of the molecule is CCn1nc(C)c(Cl)c1CC(=O)Cc1ccsc1. The number of aromatic nitrogens is 2. The largest absolute Gasteiger partial charge is 0.299 e. The molecular formula is C13H15ClN2OS. The first-order valence-electron chi connectivity index (χ1n) is 5.86. The third-order valence-corrected chi connectivity index (χ3v) is 4.02. The lowest BCUT2D eigenvalue weighted by molar-refractivity contribution is -0.117. The van der Waals surface area contributed by atoms with Crippen molar-refractivity contribution in [2.45, 2.75) is 33.2 Å². The van der Waals surface area contributed by atoms with E-state index in [-0.39, 0.29) is 5.78 Å². The lowest BCUT2D eigenvalue weighted by atomic mass is 10.1. The Bertz CT molecular complexity index is 546. The number of carbonyl (C=O) groups is 1. The summed E-state index contributed by atoms with van der Waals surface area (Å²) in [5.74, 6) is 0.171. The molecule has 2 aromatic heterocycles. The van der Waals surface area contributed by atoms with Gasteiger partial charge in [-0.25, -0.2) is 0 Å². The molecule has 0 unspecified atom stereocenters. The monoisotopic (exact) mass is 282 g/mol. The van der Waals surface area contributed by atoms with Crippen LogP contribution in [0.5, 0.6) is 0 Å². The molecule has 0 saturated carbocycles. The van der Waals surface area contributed by atoms with Crippen LogP contribution in [0.25, 0.3) is 0 Å². The predicted octanol–water partition coefficient (Wildman–Crippen LogP) is 3.28. The summed E-state index contributed by atoms with van der Waals surface area (Å²) in [5.41, 5.74) is 2.69. The van der Waals surface area contributed by atoms with Crippen LogP contribution in [0.1, 0.15) is 23.9 Å². The fourth-order valence-electron chi connectivity index (χ4n) is 1.91. The lowest BCUT2D eigenvalue weighted by Gasteiger charge is -2.04. The van der Waals surface area contributed by atoms with E-state index in [9.17, 15) is 4.79 Å². The van der Waals surface area contributed by atoms with E-state index in [1.165, 1.54) is 0 Å². The number of rotatable bonds is 5. The minimum Gasteiger partial charge on any atom is -0.299 e. The smallest absolute Gasteiger partial charge is 0.143 e. The summed E-state index contributed by atoms with van der Waals surface area (Å²) in [6, 6.07) is 1.98. The molecule has 0 bridgehead atoms. The van der Waals surface area contributed by atoms with Crippen LogP contribution < -0.4 is 0 Å². The van der Waals surface area contributed by atoms with Crippen LogP contribution >= 0.6 is 22.9 Å². The Kier molecular flexibility index (Phi) is 4.19.